The molecule has 94 valence electrons. The van der Waals surface area contributed by atoms with Crippen LogP contribution < -0.4 is 14.8 Å². The number of rotatable bonds is 6. The molecule has 0 radical (unpaired) electrons. The van der Waals surface area contributed by atoms with Crippen LogP contribution in [0.3, 0.4) is 0 Å². The lowest BCUT2D eigenvalue weighted by atomic mass is 10.2. The lowest BCUT2D eigenvalue weighted by molar-refractivity contribution is -0.109. The van der Waals surface area contributed by atoms with Crippen LogP contribution in [0.5, 0.6) is 5.75 Å². The summed E-state index contributed by atoms with van der Waals surface area (Å²) in [5.74, 6) is 0.240. The van der Waals surface area contributed by atoms with Crippen molar-refractivity contribution in [3.05, 3.63) is 23.8 Å². The van der Waals surface area contributed by atoms with Crippen molar-refractivity contribution < 1.29 is 17.9 Å². The maximum absolute atomic E-state index is 11.6. The minimum Gasteiger partial charge on any atom is -0.495 e. The van der Waals surface area contributed by atoms with E-state index in [1.54, 1.807) is 12.1 Å². The largest absolute Gasteiger partial charge is 0.495 e. The van der Waals surface area contributed by atoms with E-state index in [4.69, 9.17) is 4.74 Å². The fourth-order valence-electron chi connectivity index (χ4n) is 1.31. The van der Waals surface area contributed by atoms with Crippen LogP contribution in [-0.4, -0.2) is 29.0 Å². The SMILES string of the molecule is CNS(=O)(=O)c1ccc(CNC=O)cc1OC. The van der Waals surface area contributed by atoms with E-state index >= 15 is 0 Å². The van der Waals surface area contributed by atoms with E-state index in [9.17, 15) is 13.2 Å². The first-order chi connectivity index (χ1) is 8.05. The average molecular weight is 258 g/mol. The minimum absolute atomic E-state index is 0.0670. The van der Waals surface area contributed by atoms with Gasteiger partial charge in [0.25, 0.3) is 0 Å². The molecule has 0 saturated heterocycles. The van der Waals surface area contributed by atoms with Gasteiger partial charge in [0.1, 0.15) is 10.6 Å². The van der Waals surface area contributed by atoms with Gasteiger partial charge < -0.3 is 10.1 Å². The highest BCUT2D eigenvalue weighted by Crippen LogP contribution is 2.24. The Morgan fingerprint density at radius 1 is 1.41 bits per heavy atom. The second kappa shape index (κ2) is 5.65. The van der Waals surface area contributed by atoms with E-state index in [2.05, 4.69) is 10.0 Å². The van der Waals surface area contributed by atoms with Crippen molar-refractivity contribution in [2.45, 2.75) is 11.4 Å². The molecule has 0 aliphatic carbocycles. The summed E-state index contributed by atoms with van der Waals surface area (Å²) in [5.41, 5.74) is 0.754. The van der Waals surface area contributed by atoms with Crippen LogP contribution in [0.4, 0.5) is 0 Å². The molecule has 0 saturated carbocycles. The van der Waals surface area contributed by atoms with E-state index in [0.29, 0.717) is 13.0 Å². The third-order valence-corrected chi connectivity index (χ3v) is 3.63. The number of methoxy groups -OCH3 is 1. The topological polar surface area (TPSA) is 84.5 Å². The second-order valence-corrected chi connectivity index (χ2v) is 5.05. The molecule has 0 aromatic heterocycles. The number of carbonyl (C=O) groups excluding carboxylic acids is 1. The molecule has 1 rings (SSSR count). The van der Waals surface area contributed by atoms with E-state index in [-0.39, 0.29) is 10.6 Å². The number of nitrogens with one attached hydrogen (secondary N) is 2. The van der Waals surface area contributed by atoms with Gasteiger partial charge in [-0.05, 0) is 24.7 Å². The second-order valence-electron chi connectivity index (χ2n) is 3.19. The lowest BCUT2D eigenvalue weighted by Gasteiger charge is -2.10. The quantitative estimate of drug-likeness (QED) is 0.695. The fraction of sp³-hybridized carbons (Fsp3) is 0.300. The van der Waals surface area contributed by atoms with E-state index in [1.165, 1.54) is 20.2 Å². The van der Waals surface area contributed by atoms with Crippen molar-refractivity contribution in [2.75, 3.05) is 14.2 Å². The summed E-state index contributed by atoms with van der Waals surface area (Å²) in [5, 5.41) is 2.49. The molecule has 6 nitrogen and oxygen atoms in total. The van der Waals surface area contributed by atoms with Gasteiger partial charge in [-0.1, -0.05) is 6.07 Å². The van der Waals surface area contributed by atoms with Crippen LogP contribution in [0.1, 0.15) is 5.56 Å². The molecule has 1 aromatic rings. The number of sulfonamides is 1. The zero-order valence-corrected chi connectivity index (χ0v) is 10.4. The van der Waals surface area contributed by atoms with E-state index < -0.39 is 10.0 Å². The van der Waals surface area contributed by atoms with E-state index in [1.807, 2.05) is 0 Å². The zero-order chi connectivity index (χ0) is 12.9. The summed E-state index contributed by atoms with van der Waals surface area (Å²) < 4.78 is 30.5. The lowest BCUT2D eigenvalue weighted by Crippen LogP contribution is -2.19. The van der Waals surface area contributed by atoms with Crippen molar-refractivity contribution in [2.24, 2.45) is 0 Å². The Kier molecular flexibility index (Phi) is 4.47. The summed E-state index contributed by atoms with van der Waals surface area (Å²) in [6.07, 6.45) is 0.574. The highest BCUT2D eigenvalue weighted by atomic mass is 32.2. The number of hydrogen-bond donors (Lipinski definition) is 2. The van der Waals surface area contributed by atoms with Gasteiger partial charge in [0.2, 0.25) is 16.4 Å². The minimum atomic E-state index is -3.54. The van der Waals surface area contributed by atoms with Crippen LogP contribution in [0.2, 0.25) is 0 Å². The molecule has 1 amide bonds. The molecule has 2 N–H and O–H groups in total. The van der Waals surface area contributed by atoms with Crippen LogP contribution in [0.15, 0.2) is 23.1 Å². The molecule has 0 fully saturated rings. The third kappa shape index (κ3) is 3.18. The molecule has 0 spiro atoms. The molecule has 0 aliphatic rings. The molecule has 0 atom stereocenters. The highest BCUT2D eigenvalue weighted by Gasteiger charge is 2.17. The third-order valence-electron chi connectivity index (χ3n) is 2.18. The standard InChI is InChI=1S/C10H14N2O4S/c1-11-17(14,15)10-4-3-8(6-12-7-13)5-9(10)16-2/h3-5,7,11H,6H2,1-2H3,(H,12,13). The molecule has 0 aliphatic heterocycles. The maximum Gasteiger partial charge on any atom is 0.243 e. The Morgan fingerprint density at radius 2 is 2.12 bits per heavy atom. The highest BCUT2D eigenvalue weighted by molar-refractivity contribution is 7.89. The van der Waals surface area contributed by atoms with Gasteiger partial charge in [-0.2, -0.15) is 0 Å². The average Bonchev–Trinajstić information content (AvgIpc) is 2.35. The molecule has 1 aromatic carbocycles. The molecule has 7 heteroatoms. The van der Waals surface area contributed by atoms with Gasteiger partial charge in [0, 0.05) is 6.54 Å². The Morgan fingerprint density at radius 3 is 2.65 bits per heavy atom. The van der Waals surface area contributed by atoms with Gasteiger partial charge >= 0.3 is 0 Å². The van der Waals surface area contributed by atoms with E-state index in [0.717, 1.165) is 5.56 Å². The summed E-state index contributed by atoms with van der Waals surface area (Å²) in [6.45, 7) is 0.319. The molecular weight excluding hydrogens is 244 g/mol. The molecule has 0 bridgehead atoms. The normalized spacial score (nSPS) is 10.9. The Labute approximate surface area is 100 Å². The predicted molar refractivity (Wildman–Crippen MR) is 62.1 cm³/mol. The van der Waals surface area contributed by atoms with Crippen molar-refractivity contribution in [1.82, 2.24) is 10.0 Å². The van der Waals surface area contributed by atoms with Crippen LogP contribution >= 0.6 is 0 Å². The molecule has 17 heavy (non-hydrogen) atoms. The Balaban J connectivity index is 3.14. The van der Waals surface area contributed by atoms with Gasteiger partial charge in [-0.25, -0.2) is 13.1 Å². The summed E-state index contributed by atoms with van der Waals surface area (Å²) in [6, 6.07) is 4.62. The number of carbonyl (C=O) groups is 1. The Hall–Kier alpha value is -1.60. The number of ether oxygens (including phenoxy) is 1. The first-order valence-electron chi connectivity index (χ1n) is 4.82. The van der Waals surface area contributed by atoms with Crippen molar-refractivity contribution in [3.63, 3.8) is 0 Å². The van der Waals surface area contributed by atoms with Crippen molar-refractivity contribution in [3.8, 4) is 5.75 Å². The molecular formula is C10H14N2O4S. The van der Waals surface area contributed by atoms with Gasteiger partial charge in [0.05, 0.1) is 7.11 Å². The number of hydrogen-bond acceptors (Lipinski definition) is 4. The maximum atomic E-state index is 11.6. The summed E-state index contributed by atoms with van der Waals surface area (Å²) in [7, 11) is -0.823. The summed E-state index contributed by atoms with van der Waals surface area (Å²) >= 11 is 0. The molecule has 0 unspecified atom stereocenters. The van der Waals surface area contributed by atoms with Crippen LogP contribution in [0.25, 0.3) is 0 Å². The smallest absolute Gasteiger partial charge is 0.243 e. The number of benzene rings is 1. The Bertz CT molecular complexity index is 499. The predicted octanol–water partition coefficient (Wildman–Crippen LogP) is -0.151. The van der Waals surface area contributed by atoms with Gasteiger partial charge in [-0.15, -0.1) is 0 Å². The van der Waals surface area contributed by atoms with Gasteiger partial charge in [-0.3, -0.25) is 4.79 Å². The van der Waals surface area contributed by atoms with Crippen molar-refractivity contribution in [1.29, 1.82) is 0 Å². The van der Waals surface area contributed by atoms with Crippen molar-refractivity contribution >= 4 is 16.4 Å². The van der Waals surface area contributed by atoms with Crippen LogP contribution in [0, 0.1) is 0 Å². The first kappa shape index (κ1) is 13.5. The zero-order valence-electron chi connectivity index (χ0n) is 9.56. The monoisotopic (exact) mass is 258 g/mol. The fourth-order valence-corrected chi connectivity index (χ4v) is 2.19. The first-order valence-corrected chi connectivity index (χ1v) is 6.31. The van der Waals surface area contributed by atoms with Gasteiger partial charge in [0.15, 0.2) is 0 Å². The molecule has 0 heterocycles. The number of amides is 1. The van der Waals surface area contributed by atoms with Crippen LogP contribution in [-0.2, 0) is 21.4 Å². The summed E-state index contributed by atoms with van der Waals surface area (Å²) in [4.78, 5) is 10.2.